The summed E-state index contributed by atoms with van der Waals surface area (Å²) >= 11 is 0. The molecule has 0 aromatic heterocycles. The van der Waals surface area contributed by atoms with E-state index in [1.54, 1.807) is 0 Å². The fourth-order valence-corrected chi connectivity index (χ4v) is 2.37. The maximum Gasteiger partial charge on any atom is -0.0230 e. The van der Waals surface area contributed by atoms with Crippen LogP contribution in [-0.4, -0.2) is 0 Å². The lowest BCUT2D eigenvalue weighted by Gasteiger charge is -2.17. The molecule has 42 heavy (non-hydrogen) atoms. The van der Waals surface area contributed by atoms with Crippen LogP contribution in [0.3, 0.4) is 0 Å². The van der Waals surface area contributed by atoms with Crippen LogP contribution in [0.25, 0.3) is 0 Å². The maximum absolute atomic E-state index is 2.29. The van der Waals surface area contributed by atoms with Crippen LogP contribution < -0.4 is 0 Å². The lowest BCUT2D eigenvalue weighted by molar-refractivity contribution is 0.378. The van der Waals surface area contributed by atoms with Crippen LogP contribution in [-0.2, 0) is 12.8 Å². The van der Waals surface area contributed by atoms with Gasteiger partial charge in [-0.25, -0.2) is 0 Å². The summed E-state index contributed by atoms with van der Waals surface area (Å²) in [6.45, 7) is 39.5. The molecule has 254 valence electrons. The lowest BCUT2D eigenvalue weighted by atomic mass is 9.88. The average molecular weight is 591 g/mol. The molecule has 0 atom stereocenters. The summed E-state index contributed by atoms with van der Waals surface area (Å²) in [6.07, 6.45) is 6.16. The summed E-state index contributed by atoms with van der Waals surface area (Å²) in [7, 11) is 0. The van der Waals surface area contributed by atoms with Crippen molar-refractivity contribution in [2.75, 3.05) is 0 Å². The highest BCUT2D eigenvalue weighted by atomic mass is 14.2. The first-order valence-corrected chi connectivity index (χ1v) is 15.9. The molecule has 0 amide bonds. The number of aryl methyl sites for hydroxylation is 1. The minimum atomic E-state index is 0. The van der Waals surface area contributed by atoms with Crippen molar-refractivity contribution in [1.82, 2.24) is 0 Å². The Morgan fingerprint density at radius 3 is 0.881 bits per heavy atom. The Morgan fingerprint density at radius 2 is 0.667 bits per heavy atom. The Hall–Kier alpha value is -1.56. The van der Waals surface area contributed by atoms with Crippen molar-refractivity contribution in [3.8, 4) is 0 Å². The molecule has 0 bridgehead atoms. The van der Waals surface area contributed by atoms with E-state index in [2.05, 4.69) is 158 Å². The molecule has 0 aliphatic carbocycles. The molecule has 0 aliphatic heterocycles. The molecule has 0 nitrogen and oxygen atoms in total. The van der Waals surface area contributed by atoms with Gasteiger partial charge in [-0.3, -0.25) is 0 Å². The van der Waals surface area contributed by atoms with Gasteiger partial charge in [0.2, 0.25) is 0 Å². The largest absolute Gasteiger partial charge is 0.0776 e. The third-order valence-electron chi connectivity index (χ3n) is 5.71. The molecule has 0 spiro atoms. The Bertz CT molecular complexity index is 696. The number of hydrogen-bond donors (Lipinski definition) is 0. The second kappa shape index (κ2) is 30.9. The van der Waals surface area contributed by atoms with E-state index < -0.39 is 0 Å². The fraction of sp³-hybridized carbons (Fsp3) is 0.714. The van der Waals surface area contributed by atoms with Crippen LogP contribution in [0.5, 0.6) is 0 Å². The highest BCUT2D eigenvalue weighted by Gasteiger charge is 2.10. The van der Waals surface area contributed by atoms with Crippen LogP contribution in [0.4, 0.5) is 0 Å². The smallest absolute Gasteiger partial charge is 0.0230 e. The Morgan fingerprint density at radius 1 is 0.405 bits per heavy atom. The van der Waals surface area contributed by atoms with Crippen molar-refractivity contribution in [1.29, 1.82) is 0 Å². The topological polar surface area (TPSA) is 0 Å². The Labute approximate surface area is 271 Å². The number of rotatable bonds is 3. The van der Waals surface area contributed by atoms with Crippen LogP contribution in [0.15, 0.2) is 60.7 Å². The van der Waals surface area contributed by atoms with E-state index in [0.717, 1.165) is 6.42 Å². The highest BCUT2D eigenvalue weighted by molar-refractivity contribution is 5.16. The molecule has 0 heterocycles. The summed E-state index contributed by atoms with van der Waals surface area (Å²) in [5, 5.41) is 0. The fourth-order valence-electron chi connectivity index (χ4n) is 2.37. The van der Waals surface area contributed by atoms with E-state index in [9.17, 15) is 0 Å². The van der Waals surface area contributed by atoms with Crippen LogP contribution in [0.2, 0.25) is 0 Å². The molecule has 0 heteroatoms. The molecule has 0 unspecified atom stereocenters. The first kappa shape index (κ1) is 56.3. The van der Waals surface area contributed by atoms with Crippen LogP contribution in [0, 0.1) is 21.7 Å². The molecule has 0 saturated heterocycles. The third-order valence-corrected chi connectivity index (χ3v) is 5.71. The van der Waals surface area contributed by atoms with Crippen molar-refractivity contribution >= 4 is 0 Å². The van der Waals surface area contributed by atoms with Gasteiger partial charge in [0.05, 0.1) is 0 Å². The molecule has 2 aromatic carbocycles. The van der Waals surface area contributed by atoms with E-state index in [4.69, 9.17) is 0 Å². The van der Waals surface area contributed by atoms with Gasteiger partial charge in [0.15, 0.2) is 0 Å². The number of benzene rings is 2. The van der Waals surface area contributed by atoms with E-state index >= 15 is 0 Å². The standard InChI is InChI=1S/C12H18.C11H16.2C6H14.2C2H6.3CH4/c1-12(2,3)10-9-11-7-5-4-6-8-11;1-11(2,3)9-10-7-5-4-6-8-10;2*1-5-6(2,3)4;2*1-2;;;/h4-8H,9-10H2,1-3H3;4-8H,9H2,1-3H3;2*5H2,1-4H3;2*1-2H3;3*1H4. The molecular weight excluding hydrogens is 504 g/mol. The predicted molar refractivity (Wildman–Crippen MR) is 206 cm³/mol. The van der Waals surface area contributed by atoms with Gasteiger partial charge in [0.25, 0.3) is 0 Å². The van der Waals surface area contributed by atoms with Gasteiger partial charge in [-0.1, -0.05) is 220 Å². The second-order valence-corrected chi connectivity index (χ2v) is 14.6. The summed E-state index contributed by atoms with van der Waals surface area (Å²) in [4.78, 5) is 0. The first-order valence-electron chi connectivity index (χ1n) is 15.9. The zero-order chi connectivity index (χ0) is 31.8. The second-order valence-electron chi connectivity index (χ2n) is 14.6. The Kier molecular flexibility index (Phi) is 41.4. The monoisotopic (exact) mass is 591 g/mol. The molecule has 0 aliphatic rings. The van der Waals surface area contributed by atoms with Crippen LogP contribution >= 0.6 is 0 Å². The van der Waals surface area contributed by atoms with Crippen molar-refractivity contribution in [2.24, 2.45) is 21.7 Å². The van der Waals surface area contributed by atoms with E-state index in [1.807, 2.05) is 27.7 Å². The van der Waals surface area contributed by atoms with Gasteiger partial charge >= 0.3 is 0 Å². The Balaban J connectivity index is -0.0000000758. The minimum absolute atomic E-state index is 0. The molecule has 0 radical (unpaired) electrons. The average Bonchev–Trinajstić information content (AvgIpc) is 2.85. The summed E-state index contributed by atoms with van der Waals surface area (Å²) in [5.74, 6) is 0. The zero-order valence-corrected chi connectivity index (χ0v) is 30.3. The van der Waals surface area contributed by atoms with Gasteiger partial charge < -0.3 is 0 Å². The zero-order valence-electron chi connectivity index (χ0n) is 30.3. The summed E-state index contributed by atoms with van der Waals surface area (Å²) < 4.78 is 0. The van der Waals surface area contributed by atoms with E-state index in [1.165, 1.54) is 36.8 Å². The van der Waals surface area contributed by atoms with Crippen molar-refractivity contribution in [3.63, 3.8) is 0 Å². The van der Waals surface area contributed by atoms with Gasteiger partial charge in [0.1, 0.15) is 0 Å². The molecule has 2 aromatic rings. The number of hydrogen-bond acceptors (Lipinski definition) is 0. The lowest BCUT2D eigenvalue weighted by Crippen LogP contribution is -2.08. The summed E-state index contributed by atoms with van der Waals surface area (Å²) in [6, 6.07) is 21.3. The van der Waals surface area contributed by atoms with Gasteiger partial charge in [0, 0.05) is 0 Å². The van der Waals surface area contributed by atoms with Gasteiger partial charge in [-0.15, -0.1) is 0 Å². The SMILES string of the molecule is C.C.C.CC.CC.CC(C)(C)CCc1ccccc1.CC(C)(C)Cc1ccccc1.CCC(C)(C)C.CCC(C)(C)C. The van der Waals surface area contributed by atoms with Crippen molar-refractivity contribution < 1.29 is 0 Å². The van der Waals surface area contributed by atoms with Crippen molar-refractivity contribution in [2.45, 2.75) is 179 Å². The predicted octanol–water partition coefficient (Wildman–Crippen LogP) is 15.8. The molecule has 0 saturated carbocycles. The first-order chi connectivity index (χ1) is 17.8. The van der Waals surface area contributed by atoms with Gasteiger partial charge in [-0.05, 0) is 52.0 Å². The maximum atomic E-state index is 2.29. The quantitative estimate of drug-likeness (QED) is 0.333. The molecule has 2 rings (SSSR count). The van der Waals surface area contributed by atoms with E-state index in [-0.39, 0.29) is 22.3 Å². The molecule has 0 N–H and O–H groups in total. The summed E-state index contributed by atoms with van der Waals surface area (Å²) in [5.41, 5.74) is 4.82. The third kappa shape index (κ3) is 54.5. The minimum Gasteiger partial charge on any atom is -0.0776 e. The molecule has 0 fully saturated rings. The molecular formula is C42H86. The normalized spacial score (nSPS) is 10.0. The van der Waals surface area contributed by atoms with Crippen LogP contribution in [0.1, 0.15) is 177 Å². The highest BCUT2D eigenvalue weighted by Crippen LogP contribution is 2.21. The van der Waals surface area contributed by atoms with Gasteiger partial charge in [-0.2, -0.15) is 0 Å². The van der Waals surface area contributed by atoms with Crippen molar-refractivity contribution in [3.05, 3.63) is 71.8 Å². The van der Waals surface area contributed by atoms with E-state index in [0.29, 0.717) is 21.7 Å².